The summed E-state index contributed by atoms with van der Waals surface area (Å²) < 4.78 is 8.06. The second kappa shape index (κ2) is 9.75. The lowest BCUT2D eigenvalue weighted by atomic mass is 9.82. The molecule has 1 fully saturated rings. The van der Waals surface area contributed by atoms with Gasteiger partial charge in [-0.05, 0) is 59.9 Å². The monoisotopic (exact) mass is 449 g/mol. The molecule has 0 spiro atoms. The number of hydrogen-bond donors (Lipinski definition) is 1. The first kappa shape index (κ1) is 24.5. The zero-order valence-electron chi connectivity index (χ0n) is 20.8. The number of aliphatic imine (C=N–C) groups is 2. The van der Waals surface area contributed by atoms with Gasteiger partial charge in [0.05, 0.1) is 35.5 Å². The summed E-state index contributed by atoms with van der Waals surface area (Å²) in [4.78, 5) is 10.8. The van der Waals surface area contributed by atoms with Crippen molar-refractivity contribution in [3.63, 3.8) is 0 Å². The Morgan fingerprint density at radius 1 is 1.36 bits per heavy atom. The summed E-state index contributed by atoms with van der Waals surface area (Å²) in [6.45, 7) is 18.4. The average Bonchev–Trinajstić information content (AvgIpc) is 3.09. The van der Waals surface area contributed by atoms with Crippen LogP contribution in [-0.2, 0) is 0 Å². The van der Waals surface area contributed by atoms with Gasteiger partial charge in [-0.1, -0.05) is 0 Å². The molecule has 0 radical (unpaired) electrons. The molecular formula is C25H35N7O. The van der Waals surface area contributed by atoms with Gasteiger partial charge in [-0.15, -0.1) is 0 Å². The Morgan fingerprint density at radius 2 is 2.03 bits per heavy atom. The maximum absolute atomic E-state index is 10.0. The van der Waals surface area contributed by atoms with E-state index in [0.717, 1.165) is 41.2 Å². The van der Waals surface area contributed by atoms with Crippen LogP contribution >= 0.6 is 0 Å². The smallest absolute Gasteiger partial charge is 0.161 e. The molecule has 176 valence electrons. The molecule has 1 unspecified atom stereocenters. The van der Waals surface area contributed by atoms with Crippen LogP contribution < -0.4 is 10.5 Å². The Hall–Kier alpha value is -3.18. The lowest BCUT2D eigenvalue weighted by Gasteiger charge is -2.43. The molecule has 1 aromatic carbocycles. The highest BCUT2D eigenvalue weighted by atomic mass is 16.5. The fourth-order valence-electron chi connectivity index (χ4n) is 4.62. The summed E-state index contributed by atoms with van der Waals surface area (Å²) in [6, 6.07) is 4.74. The average molecular weight is 450 g/mol. The van der Waals surface area contributed by atoms with Gasteiger partial charge in [-0.3, -0.25) is 9.89 Å². The number of hydrogen-bond acceptors (Lipinski definition) is 6. The number of rotatable bonds is 8. The van der Waals surface area contributed by atoms with Crippen LogP contribution in [0.2, 0.25) is 0 Å². The molecule has 1 atom stereocenters. The third-order valence-electron chi connectivity index (χ3n) is 6.52. The number of likely N-dealkylation sites (tertiary alicyclic amines) is 1. The molecule has 8 heteroatoms. The molecule has 0 amide bonds. The van der Waals surface area contributed by atoms with Crippen molar-refractivity contribution in [3.8, 4) is 11.8 Å². The molecule has 0 aliphatic carbocycles. The minimum absolute atomic E-state index is 0.212. The zero-order chi connectivity index (χ0) is 24.4. The molecule has 2 aromatic rings. The predicted octanol–water partition coefficient (Wildman–Crippen LogP) is 3.85. The van der Waals surface area contributed by atoms with Gasteiger partial charge in [0.2, 0.25) is 0 Å². The minimum atomic E-state index is -0.212. The fraction of sp³-hybridized carbons (Fsp3) is 0.520. The van der Waals surface area contributed by atoms with Crippen LogP contribution in [0.15, 0.2) is 16.1 Å². The molecule has 1 saturated heterocycles. The van der Waals surface area contributed by atoms with Crippen molar-refractivity contribution in [3.05, 3.63) is 39.6 Å². The SMILES string of the molecule is C=Nc1c(C(N)=NC)c(C)nn1C(C)c1cc(C)c(C#N)c(C2CN(C(C)C)C2)c1OCC. The van der Waals surface area contributed by atoms with E-state index >= 15 is 0 Å². The Morgan fingerprint density at radius 3 is 2.55 bits per heavy atom. The van der Waals surface area contributed by atoms with Gasteiger partial charge in [-0.25, -0.2) is 9.67 Å². The van der Waals surface area contributed by atoms with E-state index < -0.39 is 0 Å². The Bertz CT molecular complexity index is 1120. The molecule has 2 heterocycles. The van der Waals surface area contributed by atoms with E-state index in [9.17, 15) is 5.26 Å². The van der Waals surface area contributed by atoms with Crippen LogP contribution in [-0.4, -0.2) is 60.0 Å². The van der Waals surface area contributed by atoms with Crippen LogP contribution in [0.4, 0.5) is 5.82 Å². The van der Waals surface area contributed by atoms with Crippen molar-refractivity contribution in [1.29, 1.82) is 5.26 Å². The number of nitrogens with two attached hydrogens (primary N) is 1. The molecular weight excluding hydrogens is 414 g/mol. The van der Waals surface area contributed by atoms with Gasteiger partial charge < -0.3 is 10.5 Å². The van der Waals surface area contributed by atoms with Gasteiger partial charge in [0.1, 0.15) is 11.6 Å². The van der Waals surface area contributed by atoms with E-state index in [4.69, 9.17) is 15.6 Å². The Balaban J connectivity index is 2.20. The summed E-state index contributed by atoms with van der Waals surface area (Å²) in [5.74, 6) is 1.98. The molecule has 0 saturated carbocycles. The van der Waals surface area contributed by atoms with Crippen LogP contribution in [0.1, 0.15) is 73.2 Å². The number of aromatic nitrogens is 2. The first-order valence-electron chi connectivity index (χ1n) is 11.4. The topological polar surface area (TPSA) is 105 Å². The lowest BCUT2D eigenvalue weighted by Crippen LogP contribution is -2.49. The van der Waals surface area contributed by atoms with Gasteiger partial charge in [-0.2, -0.15) is 10.4 Å². The van der Waals surface area contributed by atoms with E-state index in [1.54, 1.807) is 7.05 Å². The van der Waals surface area contributed by atoms with Crippen molar-refractivity contribution in [2.75, 3.05) is 26.7 Å². The van der Waals surface area contributed by atoms with E-state index in [1.165, 1.54) is 0 Å². The maximum atomic E-state index is 10.0. The van der Waals surface area contributed by atoms with Gasteiger partial charge in [0, 0.05) is 43.2 Å². The molecule has 1 aliphatic heterocycles. The number of nitriles is 1. The third-order valence-corrected chi connectivity index (χ3v) is 6.52. The van der Waals surface area contributed by atoms with Crippen molar-refractivity contribution in [2.45, 2.75) is 59.5 Å². The lowest BCUT2D eigenvalue weighted by molar-refractivity contribution is 0.108. The third kappa shape index (κ3) is 4.25. The molecule has 1 aromatic heterocycles. The van der Waals surface area contributed by atoms with Crippen molar-refractivity contribution in [1.82, 2.24) is 14.7 Å². The summed E-state index contributed by atoms with van der Waals surface area (Å²) in [5.41, 5.74) is 11.2. The largest absolute Gasteiger partial charge is 0.493 e. The first-order valence-corrected chi connectivity index (χ1v) is 11.4. The predicted molar refractivity (Wildman–Crippen MR) is 133 cm³/mol. The highest BCUT2D eigenvalue weighted by Crippen LogP contribution is 2.43. The van der Waals surface area contributed by atoms with Crippen molar-refractivity contribution < 1.29 is 4.74 Å². The molecule has 33 heavy (non-hydrogen) atoms. The summed E-state index contributed by atoms with van der Waals surface area (Å²) in [7, 11) is 1.64. The summed E-state index contributed by atoms with van der Waals surface area (Å²) in [5, 5.41) is 14.7. The molecule has 1 aliphatic rings. The van der Waals surface area contributed by atoms with Crippen LogP contribution in [0.25, 0.3) is 0 Å². The van der Waals surface area contributed by atoms with Crippen molar-refractivity contribution >= 4 is 18.4 Å². The number of amidine groups is 1. The molecule has 2 N–H and O–H groups in total. The van der Waals surface area contributed by atoms with E-state index in [0.29, 0.717) is 35.4 Å². The highest BCUT2D eigenvalue weighted by Gasteiger charge is 2.36. The number of benzene rings is 1. The standard InChI is InChI=1S/C25H35N7O/c1-9-33-23-19(17(6)32-25(29-8)21(16(5)30-32)24(27)28-7)10-15(4)20(11-26)22(23)18-12-31(13-18)14(2)3/h10,14,17-18H,8-9,12-13H2,1-7H3,(H2,27,28). The normalized spacial score (nSPS) is 15.9. The van der Waals surface area contributed by atoms with Gasteiger partial charge in [0.15, 0.2) is 5.82 Å². The Labute approximate surface area is 196 Å². The van der Waals surface area contributed by atoms with Crippen LogP contribution in [0.5, 0.6) is 5.75 Å². The minimum Gasteiger partial charge on any atom is -0.493 e. The van der Waals surface area contributed by atoms with E-state index in [2.05, 4.69) is 48.4 Å². The summed E-state index contributed by atoms with van der Waals surface area (Å²) in [6.07, 6.45) is 0. The molecule has 8 nitrogen and oxygen atoms in total. The molecule has 3 rings (SSSR count). The zero-order valence-corrected chi connectivity index (χ0v) is 20.8. The number of ether oxygens (including phenoxy) is 1. The second-order valence-electron chi connectivity index (χ2n) is 8.86. The van der Waals surface area contributed by atoms with E-state index in [-0.39, 0.29) is 12.0 Å². The summed E-state index contributed by atoms with van der Waals surface area (Å²) >= 11 is 0. The number of nitrogens with zero attached hydrogens (tertiary/aromatic N) is 6. The maximum Gasteiger partial charge on any atom is 0.161 e. The van der Waals surface area contributed by atoms with Gasteiger partial charge >= 0.3 is 0 Å². The second-order valence-corrected chi connectivity index (χ2v) is 8.86. The number of aryl methyl sites for hydroxylation is 2. The van der Waals surface area contributed by atoms with E-state index in [1.807, 2.05) is 31.5 Å². The van der Waals surface area contributed by atoms with Crippen LogP contribution in [0, 0.1) is 25.2 Å². The fourth-order valence-corrected chi connectivity index (χ4v) is 4.62. The highest BCUT2D eigenvalue weighted by molar-refractivity contribution is 6.02. The Kier molecular flexibility index (Phi) is 7.23. The molecule has 0 bridgehead atoms. The van der Waals surface area contributed by atoms with Crippen molar-refractivity contribution in [2.24, 2.45) is 15.7 Å². The van der Waals surface area contributed by atoms with Gasteiger partial charge in [0.25, 0.3) is 0 Å². The first-order chi connectivity index (χ1) is 15.7. The van der Waals surface area contributed by atoms with Crippen LogP contribution in [0.3, 0.4) is 0 Å². The quantitative estimate of drug-likeness (QED) is 0.487.